The van der Waals surface area contributed by atoms with Crippen molar-refractivity contribution in [2.75, 3.05) is 31.3 Å². The predicted octanol–water partition coefficient (Wildman–Crippen LogP) is 3.18. The molecule has 0 radical (unpaired) electrons. The summed E-state index contributed by atoms with van der Waals surface area (Å²) in [5, 5.41) is 0. The van der Waals surface area contributed by atoms with Crippen LogP contribution in [0.15, 0.2) is 24.3 Å². The lowest BCUT2D eigenvalue weighted by atomic mass is 10.1. The number of benzene rings is 1. The second kappa shape index (κ2) is 9.30. The van der Waals surface area contributed by atoms with Gasteiger partial charge in [0.1, 0.15) is 6.61 Å². The Hall–Kier alpha value is -1.88. The molecule has 1 amide bonds. The van der Waals surface area contributed by atoms with Gasteiger partial charge in [-0.15, -0.1) is 0 Å². The Kier molecular flexibility index (Phi) is 7.07. The average molecular weight is 319 g/mol. The molecule has 1 aromatic carbocycles. The summed E-state index contributed by atoms with van der Waals surface area (Å²) >= 11 is 0. The molecule has 1 heterocycles. The molecule has 0 bridgehead atoms. The molecule has 0 spiro atoms. The normalized spacial score (nSPS) is 14.8. The van der Waals surface area contributed by atoms with Crippen LogP contribution in [0, 0.1) is 0 Å². The van der Waals surface area contributed by atoms with Crippen molar-refractivity contribution in [3.05, 3.63) is 29.8 Å². The molecule has 0 N–H and O–H groups in total. The zero-order valence-corrected chi connectivity index (χ0v) is 13.8. The van der Waals surface area contributed by atoms with Gasteiger partial charge in [0, 0.05) is 25.3 Å². The van der Waals surface area contributed by atoms with Crippen molar-refractivity contribution in [3.8, 4) is 0 Å². The van der Waals surface area contributed by atoms with E-state index in [1.165, 1.54) is 0 Å². The fraction of sp³-hybridized carbons (Fsp3) is 0.556. The summed E-state index contributed by atoms with van der Waals surface area (Å²) in [7, 11) is 0. The molecule has 5 heteroatoms. The fourth-order valence-corrected chi connectivity index (χ4v) is 2.48. The van der Waals surface area contributed by atoms with Gasteiger partial charge in [0.25, 0.3) is 0 Å². The number of esters is 1. The molecular weight excluding hydrogens is 294 g/mol. The molecule has 1 saturated heterocycles. The largest absolute Gasteiger partial charge is 0.460 e. The van der Waals surface area contributed by atoms with Crippen LogP contribution >= 0.6 is 0 Å². The molecule has 0 unspecified atom stereocenters. The monoisotopic (exact) mass is 319 g/mol. The van der Waals surface area contributed by atoms with E-state index < -0.39 is 0 Å². The first kappa shape index (κ1) is 17.5. The van der Waals surface area contributed by atoms with E-state index >= 15 is 0 Å². The Labute approximate surface area is 137 Å². The van der Waals surface area contributed by atoms with Crippen LogP contribution in [0.3, 0.4) is 0 Å². The number of rotatable bonds is 8. The third-order valence-corrected chi connectivity index (χ3v) is 3.84. The highest BCUT2D eigenvalue weighted by atomic mass is 16.6. The Morgan fingerprint density at radius 2 is 1.91 bits per heavy atom. The van der Waals surface area contributed by atoms with E-state index in [4.69, 9.17) is 9.47 Å². The van der Waals surface area contributed by atoms with Crippen molar-refractivity contribution >= 4 is 17.6 Å². The highest BCUT2D eigenvalue weighted by Gasteiger charge is 2.19. The number of nitrogens with zero attached hydrogens (tertiary/aromatic N) is 1. The Morgan fingerprint density at radius 3 is 2.61 bits per heavy atom. The van der Waals surface area contributed by atoms with Gasteiger partial charge in [0.15, 0.2) is 0 Å². The Balaban J connectivity index is 1.79. The molecule has 0 aromatic heterocycles. The average Bonchev–Trinajstić information content (AvgIpc) is 2.58. The summed E-state index contributed by atoms with van der Waals surface area (Å²) in [6.07, 6.45) is 4.69. The van der Waals surface area contributed by atoms with Gasteiger partial charge in [-0.25, -0.2) is 4.79 Å². The van der Waals surface area contributed by atoms with E-state index in [1.54, 1.807) is 29.2 Å². The van der Waals surface area contributed by atoms with E-state index in [-0.39, 0.29) is 18.5 Å². The smallest absolute Gasteiger partial charge is 0.338 e. The SMILES string of the molecule is CCCCOCCOC(=O)c1ccc(N2CCCCC2=O)cc1. The molecule has 0 atom stereocenters. The second-order valence-corrected chi connectivity index (χ2v) is 5.65. The van der Waals surface area contributed by atoms with Crippen molar-refractivity contribution in [2.24, 2.45) is 0 Å². The number of carbonyl (C=O) groups is 2. The first-order chi connectivity index (χ1) is 11.2. The molecule has 5 nitrogen and oxygen atoms in total. The van der Waals surface area contributed by atoms with Crippen LogP contribution in [-0.2, 0) is 14.3 Å². The summed E-state index contributed by atoms with van der Waals surface area (Å²) in [6, 6.07) is 7.02. The van der Waals surface area contributed by atoms with Crippen LogP contribution < -0.4 is 4.90 Å². The topological polar surface area (TPSA) is 55.8 Å². The first-order valence-electron chi connectivity index (χ1n) is 8.37. The van der Waals surface area contributed by atoms with Gasteiger partial charge in [0.2, 0.25) is 5.91 Å². The van der Waals surface area contributed by atoms with Crippen molar-refractivity contribution in [1.29, 1.82) is 0 Å². The molecule has 1 aromatic rings. The van der Waals surface area contributed by atoms with E-state index in [9.17, 15) is 9.59 Å². The standard InChI is InChI=1S/C18H25NO4/c1-2-3-12-22-13-14-23-18(21)15-7-9-16(10-8-15)19-11-5-4-6-17(19)20/h7-10H,2-6,11-14H2,1H3. The molecule has 0 saturated carbocycles. The highest BCUT2D eigenvalue weighted by molar-refractivity contribution is 5.95. The molecule has 1 aliphatic heterocycles. The van der Waals surface area contributed by atoms with Crippen LogP contribution in [0.2, 0.25) is 0 Å². The highest BCUT2D eigenvalue weighted by Crippen LogP contribution is 2.21. The predicted molar refractivity (Wildman–Crippen MR) is 88.7 cm³/mol. The lowest BCUT2D eigenvalue weighted by Gasteiger charge is -2.26. The van der Waals surface area contributed by atoms with Gasteiger partial charge >= 0.3 is 5.97 Å². The maximum Gasteiger partial charge on any atom is 0.338 e. The van der Waals surface area contributed by atoms with Crippen molar-refractivity contribution < 1.29 is 19.1 Å². The molecule has 0 aliphatic carbocycles. The van der Waals surface area contributed by atoms with E-state index in [0.717, 1.165) is 37.9 Å². The van der Waals surface area contributed by atoms with E-state index in [2.05, 4.69) is 6.92 Å². The van der Waals surface area contributed by atoms with Crippen molar-refractivity contribution in [1.82, 2.24) is 0 Å². The lowest BCUT2D eigenvalue weighted by Crippen LogP contribution is -2.35. The fourth-order valence-electron chi connectivity index (χ4n) is 2.48. The minimum atomic E-state index is -0.361. The van der Waals surface area contributed by atoms with Gasteiger partial charge in [-0.1, -0.05) is 13.3 Å². The Morgan fingerprint density at radius 1 is 1.13 bits per heavy atom. The third kappa shape index (κ3) is 5.36. The Bertz CT molecular complexity index is 512. The number of carbonyl (C=O) groups excluding carboxylic acids is 2. The number of hydrogen-bond donors (Lipinski definition) is 0. The minimum Gasteiger partial charge on any atom is -0.460 e. The summed E-state index contributed by atoms with van der Waals surface area (Å²) in [6.45, 7) is 4.23. The third-order valence-electron chi connectivity index (χ3n) is 3.84. The number of piperidine rings is 1. The van der Waals surface area contributed by atoms with E-state index in [1.807, 2.05) is 0 Å². The number of anilines is 1. The van der Waals surface area contributed by atoms with Crippen LogP contribution in [-0.4, -0.2) is 38.2 Å². The number of unbranched alkanes of at least 4 members (excludes halogenated alkanes) is 1. The van der Waals surface area contributed by atoms with Crippen molar-refractivity contribution in [3.63, 3.8) is 0 Å². The first-order valence-corrected chi connectivity index (χ1v) is 8.37. The van der Waals surface area contributed by atoms with E-state index in [0.29, 0.717) is 25.2 Å². The summed E-state index contributed by atoms with van der Waals surface area (Å²) < 4.78 is 10.5. The van der Waals surface area contributed by atoms with Gasteiger partial charge in [-0.2, -0.15) is 0 Å². The number of hydrogen-bond acceptors (Lipinski definition) is 4. The molecule has 126 valence electrons. The van der Waals surface area contributed by atoms with Gasteiger partial charge in [-0.3, -0.25) is 4.79 Å². The van der Waals surface area contributed by atoms with Crippen LogP contribution in [0.25, 0.3) is 0 Å². The number of ether oxygens (including phenoxy) is 2. The maximum absolute atomic E-state index is 11.9. The van der Waals surface area contributed by atoms with Crippen molar-refractivity contribution in [2.45, 2.75) is 39.0 Å². The van der Waals surface area contributed by atoms with Gasteiger partial charge in [0.05, 0.1) is 12.2 Å². The number of amides is 1. The van der Waals surface area contributed by atoms with Crippen LogP contribution in [0.5, 0.6) is 0 Å². The molecule has 1 fully saturated rings. The summed E-state index contributed by atoms with van der Waals surface area (Å²) in [5.41, 5.74) is 1.33. The zero-order chi connectivity index (χ0) is 16.5. The molecule has 23 heavy (non-hydrogen) atoms. The maximum atomic E-state index is 11.9. The summed E-state index contributed by atoms with van der Waals surface area (Å²) in [5.74, 6) is -0.212. The quantitative estimate of drug-likeness (QED) is 0.545. The molecule has 1 aliphatic rings. The van der Waals surface area contributed by atoms with Crippen LogP contribution in [0.1, 0.15) is 49.4 Å². The molecule has 2 rings (SSSR count). The summed E-state index contributed by atoms with van der Waals surface area (Å²) in [4.78, 5) is 25.6. The minimum absolute atomic E-state index is 0.149. The van der Waals surface area contributed by atoms with Crippen LogP contribution in [0.4, 0.5) is 5.69 Å². The molecular formula is C18H25NO4. The zero-order valence-electron chi connectivity index (χ0n) is 13.8. The second-order valence-electron chi connectivity index (χ2n) is 5.65. The van der Waals surface area contributed by atoms with Gasteiger partial charge < -0.3 is 14.4 Å². The van der Waals surface area contributed by atoms with Gasteiger partial charge in [-0.05, 0) is 43.5 Å². The lowest BCUT2D eigenvalue weighted by molar-refractivity contribution is -0.119.